The van der Waals surface area contributed by atoms with Crippen LogP contribution in [0.1, 0.15) is 53.9 Å². The lowest BCUT2D eigenvalue weighted by Gasteiger charge is -2.38. The van der Waals surface area contributed by atoms with Crippen LogP contribution in [0.3, 0.4) is 0 Å². The van der Waals surface area contributed by atoms with Gasteiger partial charge in [0.25, 0.3) is 0 Å². The van der Waals surface area contributed by atoms with E-state index in [0.717, 1.165) is 37.4 Å². The fourth-order valence-corrected chi connectivity index (χ4v) is 8.84. The molecule has 0 spiro atoms. The van der Waals surface area contributed by atoms with E-state index >= 15 is 0 Å². The van der Waals surface area contributed by atoms with Crippen LogP contribution in [0.2, 0.25) is 18.1 Å². The Kier molecular flexibility index (Phi) is 6.24. The SMILES string of the molecule is CCC[Si](CCC)(CCC)N1C(=O)CN(C(C)C)C1=O. The number of carbonyl (C=O) groups is 2. The molecule has 1 aliphatic heterocycles. The van der Waals surface area contributed by atoms with Gasteiger partial charge in [-0.1, -0.05) is 40.0 Å². The Hall–Kier alpha value is -0.843. The normalized spacial score (nSPS) is 16.7. The van der Waals surface area contributed by atoms with E-state index in [2.05, 4.69) is 20.8 Å². The average molecular weight is 299 g/mol. The predicted molar refractivity (Wildman–Crippen MR) is 85.1 cm³/mol. The van der Waals surface area contributed by atoms with Crippen molar-refractivity contribution in [3.63, 3.8) is 0 Å². The fraction of sp³-hybridized carbons (Fsp3) is 0.867. The van der Waals surface area contributed by atoms with Crippen LogP contribution < -0.4 is 0 Å². The zero-order chi connectivity index (χ0) is 15.3. The molecule has 1 fully saturated rings. The quantitative estimate of drug-likeness (QED) is 0.504. The summed E-state index contributed by atoms with van der Waals surface area (Å²) in [6, 6.07) is 3.24. The van der Waals surface area contributed by atoms with Gasteiger partial charge < -0.3 is 4.90 Å². The highest BCUT2D eigenvalue weighted by Crippen LogP contribution is 2.33. The Balaban J connectivity index is 3.11. The molecule has 0 aromatic rings. The molecule has 5 heteroatoms. The van der Waals surface area contributed by atoms with Gasteiger partial charge in [0.1, 0.15) is 6.54 Å². The maximum Gasteiger partial charge on any atom is 0.319 e. The van der Waals surface area contributed by atoms with Crippen LogP contribution in [0.5, 0.6) is 0 Å². The molecule has 116 valence electrons. The van der Waals surface area contributed by atoms with Gasteiger partial charge in [0.15, 0.2) is 8.24 Å². The summed E-state index contributed by atoms with van der Waals surface area (Å²) in [7, 11) is -1.98. The Morgan fingerprint density at radius 3 is 1.75 bits per heavy atom. The molecule has 1 saturated heterocycles. The number of carbonyl (C=O) groups excluding carboxylic acids is 2. The third-order valence-electron chi connectivity index (χ3n) is 4.24. The second-order valence-electron chi connectivity index (χ2n) is 6.21. The molecule has 4 nitrogen and oxygen atoms in total. The van der Waals surface area contributed by atoms with Crippen molar-refractivity contribution in [2.75, 3.05) is 6.54 Å². The molecule has 0 atom stereocenters. The largest absolute Gasteiger partial charge is 0.319 e. The predicted octanol–water partition coefficient (Wildman–Crippen LogP) is 3.83. The minimum atomic E-state index is -1.98. The van der Waals surface area contributed by atoms with E-state index < -0.39 is 8.24 Å². The second-order valence-corrected chi connectivity index (χ2v) is 10.6. The highest BCUT2D eigenvalue weighted by Gasteiger charge is 2.49. The molecule has 3 amide bonds. The molecule has 20 heavy (non-hydrogen) atoms. The minimum Gasteiger partial charge on any atom is -0.313 e. The Bertz CT molecular complexity index is 341. The van der Waals surface area contributed by atoms with E-state index in [0.29, 0.717) is 0 Å². The summed E-state index contributed by atoms with van der Waals surface area (Å²) in [5.74, 6) is 0.0470. The van der Waals surface area contributed by atoms with Crippen LogP contribution in [0.25, 0.3) is 0 Å². The summed E-state index contributed by atoms with van der Waals surface area (Å²) < 4.78 is 1.74. The summed E-state index contributed by atoms with van der Waals surface area (Å²) in [5.41, 5.74) is 0. The van der Waals surface area contributed by atoms with Crippen molar-refractivity contribution in [2.45, 2.75) is 78.1 Å². The lowest BCUT2D eigenvalue weighted by Crippen LogP contribution is -2.56. The lowest BCUT2D eigenvalue weighted by molar-refractivity contribution is -0.122. The van der Waals surface area contributed by atoms with Crippen LogP contribution in [-0.2, 0) is 4.79 Å². The molecule has 0 bridgehead atoms. The lowest BCUT2D eigenvalue weighted by atomic mass is 10.3. The summed E-state index contributed by atoms with van der Waals surface area (Å²) in [4.78, 5) is 26.9. The van der Waals surface area contributed by atoms with E-state index in [1.165, 1.54) is 0 Å². The molecule has 1 rings (SSSR count). The van der Waals surface area contributed by atoms with Gasteiger partial charge in [-0.05, 0) is 32.0 Å². The monoisotopic (exact) mass is 298 g/mol. The first-order valence-corrected chi connectivity index (χ1v) is 10.6. The molecule has 0 aromatic carbocycles. The van der Waals surface area contributed by atoms with Crippen molar-refractivity contribution < 1.29 is 9.59 Å². The first-order valence-electron chi connectivity index (χ1n) is 8.07. The number of amides is 3. The molecule has 0 saturated carbocycles. The zero-order valence-corrected chi connectivity index (χ0v) is 14.7. The number of rotatable bonds is 8. The highest BCUT2D eigenvalue weighted by molar-refractivity contribution is 6.81. The van der Waals surface area contributed by atoms with Gasteiger partial charge in [-0.3, -0.25) is 9.36 Å². The third kappa shape index (κ3) is 3.24. The Morgan fingerprint density at radius 2 is 1.45 bits per heavy atom. The van der Waals surface area contributed by atoms with E-state index in [1.807, 2.05) is 13.8 Å². The maximum absolute atomic E-state index is 12.7. The minimum absolute atomic E-state index is 0.0213. The highest BCUT2D eigenvalue weighted by atomic mass is 28.3. The van der Waals surface area contributed by atoms with Gasteiger partial charge >= 0.3 is 6.03 Å². The van der Waals surface area contributed by atoms with E-state index in [4.69, 9.17) is 0 Å². The van der Waals surface area contributed by atoms with Crippen molar-refractivity contribution in [1.29, 1.82) is 0 Å². The first kappa shape index (κ1) is 17.2. The number of hydrogen-bond acceptors (Lipinski definition) is 2. The molecule has 0 radical (unpaired) electrons. The summed E-state index contributed by atoms with van der Waals surface area (Å²) in [6.45, 7) is 10.7. The number of imide groups is 1. The van der Waals surface area contributed by atoms with Crippen LogP contribution in [0.15, 0.2) is 0 Å². The van der Waals surface area contributed by atoms with Gasteiger partial charge in [-0.15, -0.1) is 0 Å². The standard InChI is InChI=1S/C15H30N2O2Si/c1-6-9-20(10-7-2,11-8-3)17-14(18)12-16(13(4)5)15(17)19/h13H,6-12H2,1-5H3. The average Bonchev–Trinajstić information content (AvgIpc) is 2.66. The van der Waals surface area contributed by atoms with E-state index in [9.17, 15) is 9.59 Å². The van der Waals surface area contributed by atoms with Crippen molar-refractivity contribution in [1.82, 2.24) is 9.47 Å². The molecule has 0 aromatic heterocycles. The van der Waals surface area contributed by atoms with Crippen LogP contribution >= 0.6 is 0 Å². The van der Waals surface area contributed by atoms with Gasteiger partial charge in [0, 0.05) is 6.04 Å². The number of urea groups is 1. The van der Waals surface area contributed by atoms with Gasteiger partial charge in [-0.25, -0.2) is 4.79 Å². The van der Waals surface area contributed by atoms with Crippen LogP contribution in [-0.4, -0.2) is 42.2 Å². The van der Waals surface area contributed by atoms with Gasteiger partial charge in [0.05, 0.1) is 0 Å². The van der Waals surface area contributed by atoms with Crippen LogP contribution in [0.4, 0.5) is 4.79 Å². The van der Waals surface area contributed by atoms with Gasteiger partial charge in [-0.2, -0.15) is 0 Å². The van der Waals surface area contributed by atoms with Gasteiger partial charge in [0.2, 0.25) is 5.91 Å². The Labute approximate surface area is 124 Å². The smallest absolute Gasteiger partial charge is 0.313 e. The molecule has 1 heterocycles. The van der Waals surface area contributed by atoms with E-state index in [1.54, 1.807) is 9.47 Å². The molecule has 0 N–H and O–H groups in total. The molecule has 1 aliphatic rings. The summed E-state index contributed by atoms with van der Waals surface area (Å²) in [5, 5.41) is 0. The molecular formula is C15H30N2O2Si. The zero-order valence-electron chi connectivity index (χ0n) is 13.7. The molecule has 0 unspecified atom stereocenters. The number of nitrogens with zero attached hydrogens (tertiary/aromatic N) is 2. The molecular weight excluding hydrogens is 268 g/mol. The topological polar surface area (TPSA) is 40.6 Å². The fourth-order valence-electron chi connectivity index (χ4n) is 3.50. The van der Waals surface area contributed by atoms with Crippen molar-refractivity contribution in [3.05, 3.63) is 0 Å². The van der Waals surface area contributed by atoms with Crippen LogP contribution in [0, 0.1) is 0 Å². The summed E-state index contributed by atoms with van der Waals surface area (Å²) >= 11 is 0. The first-order chi connectivity index (χ1) is 9.43. The maximum atomic E-state index is 12.7. The van der Waals surface area contributed by atoms with Crippen molar-refractivity contribution >= 4 is 20.2 Å². The van der Waals surface area contributed by atoms with E-state index in [-0.39, 0.29) is 24.5 Å². The molecule has 0 aliphatic carbocycles. The second kappa shape index (κ2) is 7.25. The number of hydrogen-bond donors (Lipinski definition) is 0. The Morgan fingerprint density at radius 1 is 1.00 bits per heavy atom. The van der Waals surface area contributed by atoms with Crippen molar-refractivity contribution in [3.8, 4) is 0 Å². The summed E-state index contributed by atoms with van der Waals surface area (Å²) in [6.07, 6.45) is 3.18. The third-order valence-corrected chi connectivity index (χ3v) is 9.92. The van der Waals surface area contributed by atoms with Crippen molar-refractivity contribution in [2.24, 2.45) is 0 Å².